The normalized spacial score (nSPS) is 10.5. The molecule has 1 N–H and O–H groups in total. The van der Waals surface area contributed by atoms with Gasteiger partial charge in [0.1, 0.15) is 0 Å². The third kappa shape index (κ3) is 2.67. The number of hydrogen-bond acceptors (Lipinski definition) is 3. The Morgan fingerprint density at radius 2 is 1.90 bits per heavy atom. The van der Waals surface area contributed by atoms with Crippen LogP contribution in [-0.4, -0.2) is 10.9 Å². The Hall–Kier alpha value is -2.95. The van der Waals surface area contributed by atoms with Crippen LogP contribution in [0.3, 0.4) is 0 Å². The molecule has 0 atom stereocenters. The van der Waals surface area contributed by atoms with Crippen molar-refractivity contribution in [2.24, 2.45) is 0 Å². The van der Waals surface area contributed by atoms with Gasteiger partial charge in [0.05, 0.1) is 16.8 Å². The summed E-state index contributed by atoms with van der Waals surface area (Å²) in [6.45, 7) is 1.90. The zero-order valence-electron chi connectivity index (χ0n) is 11.4. The van der Waals surface area contributed by atoms with Crippen molar-refractivity contribution < 1.29 is 9.52 Å². The highest BCUT2D eigenvalue weighted by molar-refractivity contribution is 6.08. The maximum absolute atomic E-state index is 12.2. The topological polar surface area (TPSA) is 68.9 Å². The van der Waals surface area contributed by atoms with Crippen molar-refractivity contribution in [3.8, 4) is 0 Å². The summed E-state index contributed by atoms with van der Waals surface area (Å²) < 4.78 is 0.639. The van der Waals surface area contributed by atoms with Crippen molar-refractivity contribution in [3.05, 3.63) is 71.3 Å². The van der Waals surface area contributed by atoms with Gasteiger partial charge in [-0.05, 0) is 19.1 Å². The molecule has 0 unspecified atom stereocenters. The number of anilines is 1. The van der Waals surface area contributed by atoms with E-state index in [4.69, 9.17) is 0 Å². The van der Waals surface area contributed by atoms with Crippen LogP contribution in [0.15, 0.2) is 54.9 Å². The molecule has 3 aromatic rings. The number of carbonyl (C=O) groups is 1. The summed E-state index contributed by atoms with van der Waals surface area (Å²) in [4.78, 5) is 16.7. The second kappa shape index (κ2) is 5.20. The van der Waals surface area contributed by atoms with Crippen LogP contribution >= 0.6 is 0 Å². The van der Waals surface area contributed by atoms with Crippen LogP contribution in [0.1, 0.15) is 16.1 Å². The predicted molar refractivity (Wildman–Crippen MR) is 79.8 cm³/mol. The molecule has 2 heterocycles. The van der Waals surface area contributed by atoms with Gasteiger partial charge in [-0.25, -0.2) is 0 Å². The van der Waals surface area contributed by atoms with Crippen LogP contribution < -0.4 is 10.0 Å². The Bertz CT molecular complexity index is 813. The van der Waals surface area contributed by atoms with E-state index >= 15 is 0 Å². The number of hydrogen-bond donors (Lipinski definition) is 1. The lowest BCUT2D eigenvalue weighted by atomic mass is 10.1. The summed E-state index contributed by atoms with van der Waals surface area (Å²) in [5.41, 5.74) is 2.71. The van der Waals surface area contributed by atoms with E-state index < -0.39 is 0 Å². The van der Waals surface area contributed by atoms with E-state index in [1.54, 1.807) is 0 Å². The lowest BCUT2D eigenvalue weighted by Crippen LogP contribution is -2.25. The molecule has 0 saturated carbocycles. The number of fused-ring (bicyclic) bond motifs is 1. The van der Waals surface area contributed by atoms with Crippen LogP contribution in [-0.2, 0) is 0 Å². The minimum Gasteiger partial charge on any atom is -0.619 e. The molecule has 3 rings (SSSR count). The quantitative estimate of drug-likeness (QED) is 0.578. The van der Waals surface area contributed by atoms with E-state index in [-0.39, 0.29) is 5.91 Å². The average Bonchev–Trinajstić information content (AvgIpc) is 2.48. The highest BCUT2D eigenvalue weighted by atomic mass is 16.5. The maximum atomic E-state index is 12.2. The number of aryl methyl sites for hydroxylation is 1. The van der Waals surface area contributed by atoms with Gasteiger partial charge >= 0.3 is 0 Å². The summed E-state index contributed by atoms with van der Waals surface area (Å²) in [5.74, 6) is -0.272. The summed E-state index contributed by atoms with van der Waals surface area (Å²) >= 11 is 0. The number of rotatable bonds is 2. The van der Waals surface area contributed by atoms with Crippen molar-refractivity contribution in [2.45, 2.75) is 6.92 Å². The highest BCUT2D eigenvalue weighted by Gasteiger charge is 2.10. The van der Waals surface area contributed by atoms with Gasteiger partial charge in [-0.1, -0.05) is 18.2 Å². The number of nitrogens with zero attached hydrogens (tertiary/aromatic N) is 2. The molecule has 0 spiro atoms. The largest absolute Gasteiger partial charge is 0.619 e. The number of benzene rings is 1. The third-order valence-corrected chi connectivity index (χ3v) is 3.17. The molecule has 0 aliphatic carbocycles. The van der Waals surface area contributed by atoms with Gasteiger partial charge in [-0.2, -0.15) is 4.73 Å². The Kier molecular flexibility index (Phi) is 3.23. The van der Waals surface area contributed by atoms with Gasteiger partial charge in [-0.15, -0.1) is 0 Å². The summed E-state index contributed by atoms with van der Waals surface area (Å²) in [7, 11) is 0. The van der Waals surface area contributed by atoms with Crippen molar-refractivity contribution >= 4 is 22.5 Å². The molecule has 2 aromatic heterocycles. The number of nitrogens with one attached hydrogen (secondary N) is 1. The standard InChI is InChI=1S/C16H13N3O2/c1-11-5-6-12-3-2-4-14(15(12)17-11)18-16(20)13-7-9-19(21)10-8-13/h2-10H,1H3,(H,18,20). The number of para-hydroxylation sites is 1. The smallest absolute Gasteiger partial charge is 0.256 e. The van der Waals surface area contributed by atoms with Gasteiger partial charge < -0.3 is 10.5 Å². The van der Waals surface area contributed by atoms with Gasteiger partial charge in [0, 0.05) is 23.2 Å². The molecular weight excluding hydrogens is 266 g/mol. The summed E-state index contributed by atoms with van der Waals surface area (Å²) in [6.07, 6.45) is 2.58. The van der Waals surface area contributed by atoms with Crippen LogP contribution in [0.4, 0.5) is 5.69 Å². The van der Waals surface area contributed by atoms with Gasteiger partial charge in [-0.3, -0.25) is 9.78 Å². The highest BCUT2D eigenvalue weighted by Crippen LogP contribution is 2.22. The van der Waals surface area contributed by atoms with Crippen molar-refractivity contribution in [1.82, 2.24) is 4.98 Å². The fraction of sp³-hybridized carbons (Fsp3) is 0.0625. The van der Waals surface area contributed by atoms with E-state index in [0.717, 1.165) is 16.6 Å². The summed E-state index contributed by atoms with van der Waals surface area (Å²) in [5, 5.41) is 14.8. The molecule has 0 bridgehead atoms. The molecule has 0 radical (unpaired) electrons. The minimum atomic E-state index is -0.272. The number of carbonyl (C=O) groups excluding carboxylic acids is 1. The lowest BCUT2D eigenvalue weighted by Gasteiger charge is -2.08. The molecule has 104 valence electrons. The molecule has 1 aromatic carbocycles. The third-order valence-electron chi connectivity index (χ3n) is 3.17. The van der Waals surface area contributed by atoms with E-state index in [0.29, 0.717) is 16.0 Å². The predicted octanol–water partition coefficient (Wildman–Crippen LogP) is 2.43. The first-order valence-corrected chi connectivity index (χ1v) is 6.50. The molecule has 0 saturated heterocycles. The monoisotopic (exact) mass is 279 g/mol. The van der Waals surface area contributed by atoms with Crippen molar-refractivity contribution in [1.29, 1.82) is 0 Å². The first kappa shape index (κ1) is 13.1. The Labute approximate surface area is 121 Å². The van der Waals surface area contributed by atoms with E-state index in [2.05, 4.69) is 10.3 Å². The molecule has 1 amide bonds. The van der Waals surface area contributed by atoms with Gasteiger partial charge in [0.25, 0.3) is 5.91 Å². The SMILES string of the molecule is Cc1ccc2cccc(NC(=O)c3cc[n+]([O-])cc3)c2n1. The Balaban J connectivity index is 1.96. The van der Waals surface area contributed by atoms with Crippen LogP contribution in [0.5, 0.6) is 0 Å². The first-order valence-electron chi connectivity index (χ1n) is 6.50. The molecule has 21 heavy (non-hydrogen) atoms. The first-order chi connectivity index (χ1) is 10.1. The number of aromatic nitrogens is 2. The Morgan fingerprint density at radius 3 is 2.67 bits per heavy atom. The van der Waals surface area contributed by atoms with Crippen LogP contribution in [0.25, 0.3) is 10.9 Å². The molecule has 5 heteroatoms. The number of amides is 1. The second-order valence-electron chi connectivity index (χ2n) is 4.73. The lowest BCUT2D eigenvalue weighted by molar-refractivity contribution is -0.605. The van der Waals surface area contributed by atoms with Crippen molar-refractivity contribution in [2.75, 3.05) is 5.32 Å². The minimum absolute atomic E-state index is 0.272. The molecule has 0 aliphatic heterocycles. The van der Waals surface area contributed by atoms with E-state index in [1.165, 1.54) is 24.5 Å². The molecule has 5 nitrogen and oxygen atoms in total. The van der Waals surface area contributed by atoms with E-state index in [1.807, 2.05) is 37.3 Å². The van der Waals surface area contributed by atoms with Crippen LogP contribution in [0.2, 0.25) is 0 Å². The fourth-order valence-electron chi connectivity index (χ4n) is 2.10. The maximum Gasteiger partial charge on any atom is 0.256 e. The number of pyridine rings is 2. The molecule has 0 aliphatic rings. The zero-order chi connectivity index (χ0) is 14.8. The fourth-order valence-corrected chi connectivity index (χ4v) is 2.10. The van der Waals surface area contributed by atoms with Crippen LogP contribution in [0, 0.1) is 12.1 Å². The van der Waals surface area contributed by atoms with Crippen molar-refractivity contribution in [3.63, 3.8) is 0 Å². The zero-order valence-corrected chi connectivity index (χ0v) is 11.4. The molecule has 0 fully saturated rings. The Morgan fingerprint density at radius 1 is 1.14 bits per heavy atom. The average molecular weight is 279 g/mol. The molecular formula is C16H13N3O2. The second-order valence-corrected chi connectivity index (χ2v) is 4.73. The van der Waals surface area contributed by atoms with Gasteiger partial charge in [0.2, 0.25) is 0 Å². The van der Waals surface area contributed by atoms with Gasteiger partial charge in [0.15, 0.2) is 12.4 Å². The summed E-state index contributed by atoms with van der Waals surface area (Å²) in [6, 6.07) is 12.5. The van der Waals surface area contributed by atoms with E-state index in [9.17, 15) is 10.0 Å².